The first-order valence-corrected chi connectivity index (χ1v) is 14.0. The standard InChI is InChI=1S/C31H23Cl2N3O4S/c1-39-27-16-20(12-15-26(27)40-19-29(37)34-22-13-14-24(32)25(33)18-22)17-28-30(38)36(23-10-6-3-7-11-23)31(41-28)35-21-8-4-2-5-9-21/h2-18H,19H2,1H3,(H,34,37)/b28-17+,35-31?. The molecule has 1 aliphatic heterocycles. The Kier molecular flexibility index (Phi) is 8.94. The Hall–Kier alpha value is -4.24. The van der Waals surface area contributed by atoms with Crippen molar-refractivity contribution >= 4 is 75.1 Å². The van der Waals surface area contributed by atoms with Crippen LogP contribution in [0, 0.1) is 0 Å². The van der Waals surface area contributed by atoms with E-state index in [1.807, 2.05) is 60.7 Å². The molecule has 2 amide bonds. The molecule has 7 nitrogen and oxygen atoms in total. The number of methoxy groups -OCH3 is 1. The van der Waals surface area contributed by atoms with Gasteiger partial charge in [0, 0.05) is 5.69 Å². The number of benzene rings is 4. The molecule has 10 heteroatoms. The summed E-state index contributed by atoms with van der Waals surface area (Å²) >= 11 is 13.2. The number of rotatable bonds is 8. The molecular formula is C31H23Cl2N3O4S. The second kappa shape index (κ2) is 13.0. The lowest BCUT2D eigenvalue weighted by Gasteiger charge is -2.15. The molecule has 41 heavy (non-hydrogen) atoms. The predicted octanol–water partition coefficient (Wildman–Crippen LogP) is 7.83. The van der Waals surface area contributed by atoms with Crippen molar-refractivity contribution in [3.8, 4) is 11.5 Å². The summed E-state index contributed by atoms with van der Waals surface area (Å²) in [6, 6.07) is 28.9. The Balaban J connectivity index is 1.34. The summed E-state index contributed by atoms with van der Waals surface area (Å²) in [5.41, 5.74) is 2.69. The summed E-state index contributed by atoms with van der Waals surface area (Å²) in [5, 5.41) is 3.99. The molecule has 1 saturated heterocycles. The minimum atomic E-state index is -0.379. The molecule has 1 N–H and O–H groups in total. The molecule has 5 rings (SSSR count). The van der Waals surface area contributed by atoms with Crippen molar-refractivity contribution in [3.05, 3.63) is 118 Å². The SMILES string of the molecule is COc1cc(/C=C2/SC(=Nc3ccccc3)N(c3ccccc3)C2=O)ccc1OCC(=O)Nc1ccc(Cl)c(Cl)c1. The molecule has 0 unspecified atom stereocenters. The van der Waals surface area contributed by atoms with Crippen LogP contribution in [0.25, 0.3) is 6.08 Å². The number of anilines is 2. The fraction of sp³-hybridized carbons (Fsp3) is 0.0645. The molecule has 0 saturated carbocycles. The number of hydrogen-bond donors (Lipinski definition) is 1. The number of para-hydroxylation sites is 2. The number of hydrogen-bond acceptors (Lipinski definition) is 6. The molecule has 0 aromatic heterocycles. The molecule has 0 atom stereocenters. The third-order valence-electron chi connectivity index (χ3n) is 5.85. The predicted molar refractivity (Wildman–Crippen MR) is 167 cm³/mol. The fourth-order valence-corrected chi connectivity index (χ4v) is 5.22. The third-order valence-corrected chi connectivity index (χ3v) is 7.56. The van der Waals surface area contributed by atoms with Crippen LogP contribution in [-0.2, 0) is 9.59 Å². The average molecular weight is 605 g/mol. The van der Waals surface area contributed by atoms with Crippen molar-refractivity contribution in [2.24, 2.45) is 4.99 Å². The van der Waals surface area contributed by atoms with E-state index in [0.29, 0.717) is 37.3 Å². The van der Waals surface area contributed by atoms with Gasteiger partial charge in [0.15, 0.2) is 23.3 Å². The van der Waals surface area contributed by atoms with Gasteiger partial charge in [0.25, 0.3) is 11.8 Å². The summed E-state index contributed by atoms with van der Waals surface area (Å²) in [4.78, 5) is 32.8. The van der Waals surface area contributed by atoms with Crippen LogP contribution in [0.3, 0.4) is 0 Å². The summed E-state index contributed by atoms with van der Waals surface area (Å²) in [7, 11) is 1.51. The van der Waals surface area contributed by atoms with Gasteiger partial charge in [-0.05, 0) is 78.0 Å². The third kappa shape index (κ3) is 6.92. The topological polar surface area (TPSA) is 80.2 Å². The molecule has 0 bridgehead atoms. The molecule has 0 aliphatic carbocycles. The largest absolute Gasteiger partial charge is 0.493 e. The van der Waals surface area contributed by atoms with Crippen LogP contribution in [0.1, 0.15) is 5.56 Å². The summed E-state index contributed by atoms with van der Waals surface area (Å²) < 4.78 is 11.2. The van der Waals surface area contributed by atoms with Crippen LogP contribution in [0.15, 0.2) is 107 Å². The van der Waals surface area contributed by atoms with Gasteiger partial charge in [0.1, 0.15) is 0 Å². The average Bonchev–Trinajstić information content (AvgIpc) is 3.28. The number of halogens is 2. The maximum atomic E-state index is 13.5. The van der Waals surface area contributed by atoms with E-state index in [2.05, 4.69) is 5.32 Å². The molecule has 0 spiro atoms. The van der Waals surface area contributed by atoms with Gasteiger partial charge in [-0.2, -0.15) is 0 Å². The van der Waals surface area contributed by atoms with E-state index in [-0.39, 0.29) is 18.4 Å². The van der Waals surface area contributed by atoms with Gasteiger partial charge in [-0.3, -0.25) is 14.5 Å². The Labute approximate surface area is 251 Å². The second-order valence-corrected chi connectivity index (χ2v) is 10.5. The van der Waals surface area contributed by atoms with Gasteiger partial charge >= 0.3 is 0 Å². The van der Waals surface area contributed by atoms with E-state index >= 15 is 0 Å². The Morgan fingerprint density at radius 3 is 2.37 bits per heavy atom. The smallest absolute Gasteiger partial charge is 0.271 e. The number of carbonyl (C=O) groups excluding carboxylic acids is 2. The van der Waals surface area contributed by atoms with E-state index in [0.717, 1.165) is 16.9 Å². The van der Waals surface area contributed by atoms with E-state index in [1.54, 1.807) is 47.4 Å². The summed E-state index contributed by atoms with van der Waals surface area (Å²) in [6.07, 6.45) is 1.78. The first-order valence-electron chi connectivity index (χ1n) is 12.4. The molecule has 4 aromatic carbocycles. The Bertz CT molecular complexity index is 1650. The number of carbonyl (C=O) groups is 2. The first-order chi connectivity index (χ1) is 19.9. The van der Waals surface area contributed by atoms with E-state index in [4.69, 9.17) is 37.7 Å². The van der Waals surface area contributed by atoms with Gasteiger partial charge in [-0.15, -0.1) is 0 Å². The van der Waals surface area contributed by atoms with Crippen molar-refractivity contribution in [2.45, 2.75) is 0 Å². The van der Waals surface area contributed by atoms with Crippen molar-refractivity contribution < 1.29 is 19.1 Å². The minimum Gasteiger partial charge on any atom is -0.493 e. The number of nitrogens with zero attached hydrogens (tertiary/aromatic N) is 2. The molecule has 0 radical (unpaired) electrons. The van der Waals surface area contributed by atoms with Crippen LogP contribution >= 0.6 is 35.0 Å². The van der Waals surface area contributed by atoms with Gasteiger partial charge in [0.2, 0.25) is 0 Å². The fourth-order valence-electron chi connectivity index (χ4n) is 3.93. The second-order valence-electron chi connectivity index (χ2n) is 8.69. The van der Waals surface area contributed by atoms with Crippen molar-refractivity contribution in [1.82, 2.24) is 0 Å². The zero-order valence-electron chi connectivity index (χ0n) is 21.7. The van der Waals surface area contributed by atoms with Crippen molar-refractivity contribution in [3.63, 3.8) is 0 Å². The molecule has 1 aliphatic rings. The highest BCUT2D eigenvalue weighted by Crippen LogP contribution is 2.38. The Morgan fingerprint density at radius 1 is 0.927 bits per heavy atom. The number of amidine groups is 1. The van der Waals surface area contributed by atoms with Gasteiger partial charge in [-0.1, -0.05) is 65.7 Å². The highest BCUT2D eigenvalue weighted by Gasteiger charge is 2.34. The van der Waals surface area contributed by atoms with E-state index in [1.165, 1.54) is 18.9 Å². The maximum Gasteiger partial charge on any atom is 0.271 e. The highest BCUT2D eigenvalue weighted by molar-refractivity contribution is 8.19. The molecular weight excluding hydrogens is 581 g/mol. The molecule has 1 fully saturated rings. The monoisotopic (exact) mass is 603 g/mol. The van der Waals surface area contributed by atoms with Crippen LogP contribution in [-0.4, -0.2) is 30.7 Å². The normalized spacial score (nSPS) is 14.9. The maximum absolute atomic E-state index is 13.5. The van der Waals surface area contributed by atoms with Crippen LogP contribution < -0.4 is 19.7 Å². The summed E-state index contributed by atoms with van der Waals surface area (Å²) in [5.74, 6) is 0.224. The van der Waals surface area contributed by atoms with E-state index in [9.17, 15) is 9.59 Å². The molecule has 4 aromatic rings. The van der Waals surface area contributed by atoms with Crippen LogP contribution in [0.2, 0.25) is 10.0 Å². The number of thioether (sulfide) groups is 1. The van der Waals surface area contributed by atoms with Gasteiger partial charge in [-0.25, -0.2) is 4.99 Å². The number of amides is 2. The number of nitrogens with one attached hydrogen (secondary N) is 1. The van der Waals surface area contributed by atoms with Crippen molar-refractivity contribution in [2.75, 3.05) is 23.9 Å². The Morgan fingerprint density at radius 2 is 1.66 bits per heavy atom. The quantitative estimate of drug-likeness (QED) is 0.208. The van der Waals surface area contributed by atoms with Crippen LogP contribution in [0.4, 0.5) is 17.1 Å². The zero-order valence-corrected chi connectivity index (χ0v) is 24.0. The number of aliphatic imine (C=N–C) groups is 1. The molecule has 1 heterocycles. The highest BCUT2D eigenvalue weighted by atomic mass is 35.5. The first kappa shape index (κ1) is 28.3. The lowest BCUT2D eigenvalue weighted by Crippen LogP contribution is -2.28. The van der Waals surface area contributed by atoms with Crippen molar-refractivity contribution in [1.29, 1.82) is 0 Å². The van der Waals surface area contributed by atoms with Crippen LogP contribution in [0.5, 0.6) is 11.5 Å². The number of ether oxygens (including phenoxy) is 2. The lowest BCUT2D eigenvalue weighted by atomic mass is 10.2. The molecule has 206 valence electrons. The van der Waals surface area contributed by atoms with Gasteiger partial charge in [0.05, 0.1) is 33.4 Å². The zero-order chi connectivity index (χ0) is 28.8. The van der Waals surface area contributed by atoms with E-state index < -0.39 is 0 Å². The lowest BCUT2D eigenvalue weighted by molar-refractivity contribution is -0.118. The summed E-state index contributed by atoms with van der Waals surface area (Å²) in [6.45, 7) is -0.253. The van der Waals surface area contributed by atoms with Gasteiger partial charge < -0.3 is 14.8 Å². The minimum absolute atomic E-state index is 0.186.